The lowest BCUT2D eigenvalue weighted by Gasteiger charge is -2.10. The molecule has 0 aliphatic heterocycles. The summed E-state index contributed by atoms with van der Waals surface area (Å²) in [6.07, 6.45) is 1.44. The van der Waals surface area contributed by atoms with Crippen LogP contribution in [-0.2, 0) is 0 Å². The first-order valence-electron chi connectivity index (χ1n) is 6.61. The average molecular weight is 280 g/mol. The molecule has 5 nitrogen and oxygen atoms in total. The molecular weight excluding hydrogens is 260 g/mol. The predicted molar refractivity (Wildman–Crippen MR) is 81.0 cm³/mol. The molecule has 0 aliphatic carbocycles. The molecule has 2 aromatic rings. The van der Waals surface area contributed by atoms with Crippen molar-refractivity contribution in [3.05, 3.63) is 11.4 Å². The Morgan fingerprint density at radius 3 is 2.89 bits per heavy atom. The second-order valence-corrected chi connectivity index (χ2v) is 5.42. The second-order valence-electron chi connectivity index (χ2n) is 4.53. The molecule has 0 aromatic carbocycles. The molecule has 1 unspecified atom stereocenters. The third kappa shape index (κ3) is 3.78. The lowest BCUT2D eigenvalue weighted by atomic mass is 10.3. The standard InChI is InChI=1S/C13H20N4OS/c1-3-6-15-13-16-11(14-7-4-9(2)18)10-5-8-19-12(10)17-13/h5,8-9,18H,3-4,6-7H2,1-2H3,(H2,14,15,16,17). The van der Waals surface area contributed by atoms with Gasteiger partial charge in [-0.3, -0.25) is 0 Å². The van der Waals surface area contributed by atoms with Crippen molar-refractivity contribution in [3.8, 4) is 0 Å². The van der Waals surface area contributed by atoms with Crippen LogP contribution in [0.1, 0.15) is 26.7 Å². The summed E-state index contributed by atoms with van der Waals surface area (Å²) in [6.45, 7) is 5.46. The third-order valence-corrected chi connectivity index (χ3v) is 3.52. The van der Waals surface area contributed by atoms with Gasteiger partial charge in [0.1, 0.15) is 10.6 Å². The van der Waals surface area contributed by atoms with E-state index < -0.39 is 0 Å². The Balaban J connectivity index is 2.16. The molecule has 0 radical (unpaired) electrons. The van der Waals surface area contributed by atoms with Crippen molar-refractivity contribution in [3.63, 3.8) is 0 Å². The smallest absolute Gasteiger partial charge is 0.226 e. The molecule has 2 rings (SSSR count). The summed E-state index contributed by atoms with van der Waals surface area (Å²) in [6, 6.07) is 2.02. The van der Waals surface area contributed by atoms with Gasteiger partial charge >= 0.3 is 0 Å². The Hall–Kier alpha value is -1.40. The molecule has 19 heavy (non-hydrogen) atoms. The van der Waals surface area contributed by atoms with Gasteiger partial charge in [0.15, 0.2) is 0 Å². The van der Waals surface area contributed by atoms with E-state index in [-0.39, 0.29) is 6.10 Å². The maximum Gasteiger partial charge on any atom is 0.226 e. The van der Waals surface area contributed by atoms with Gasteiger partial charge in [-0.1, -0.05) is 6.92 Å². The zero-order valence-electron chi connectivity index (χ0n) is 11.3. The molecule has 3 N–H and O–H groups in total. The van der Waals surface area contributed by atoms with Crippen LogP contribution in [-0.4, -0.2) is 34.3 Å². The van der Waals surface area contributed by atoms with Gasteiger partial charge in [-0.15, -0.1) is 11.3 Å². The number of aliphatic hydroxyl groups is 1. The number of nitrogens with one attached hydrogen (secondary N) is 2. The number of anilines is 2. The fourth-order valence-electron chi connectivity index (χ4n) is 1.71. The van der Waals surface area contributed by atoms with Crippen molar-refractivity contribution in [2.45, 2.75) is 32.8 Å². The molecule has 104 valence electrons. The van der Waals surface area contributed by atoms with E-state index in [9.17, 15) is 5.11 Å². The van der Waals surface area contributed by atoms with Crippen molar-refractivity contribution in [1.82, 2.24) is 9.97 Å². The maximum atomic E-state index is 9.29. The summed E-state index contributed by atoms with van der Waals surface area (Å²) in [7, 11) is 0. The minimum atomic E-state index is -0.301. The Kier molecular flexibility index (Phi) is 4.93. The van der Waals surface area contributed by atoms with Crippen molar-refractivity contribution in [1.29, 1.82) is 0 Å². The molecule has 6 heteroatoms. The molecular formula is C13H20N4OS. The quantitative estimate of drug-likeness (QED) is 0.727. The van der Waals surface area contributed by atoms with Gasteiger partial charge in [-0.2, -0.15) is 4.98 Å². The van der Waals surface area contributed by atoms with E-state index in [0.717, 1.165) is 29.0 Å². The van der Waals surface area contributed by atoms with Gasteiger partial charge in [-0.25, -0.2) is 4.98 Å². The lowest BCUT2D eigenvalue weighted by molar-refractivity contribution is 0.188. The SMILES string of the molecule is CCCNc1nc(NCCC(C)O)c2ccsc2n1. The van der Waals surface area contributed by atoms with Crippen LogP contribution in [0.15, 0.2) is 11.4 Å². The van der Waals surface area contributed by atoms with E-state index in [1.54, 1.807) is 18.3 Å². The molecule has 0 saturated carbocycles. The van der Waals surface area contributed by atoms with Gasteiger partial charge in [0.05, 0.1) is 11.5 Å². The molecule has 0 saturated heterocycles. The fourth-order valence-corrected chi connectivity index (χ4v) is 2.47. The van der Waals surface area contributed by atoms with E-state index >= 15 is 0 Å². The molecule has 0 fully saturated rings. The van der Waals surface area contributed by atoms with E-state index in [2.05, 4.69) is 27.5 Å². The number of hydrogen-bond acceptors (Lipinski definition) is 6. The summed E-state index contributed by atoms with van der Waals surface area (Å²) in [5.74, 6) is 1.50. The summed E-state index contributed by atoms with van der Waals surface area (Å²) in [5.41, 5.74) is 0. The number of thiophene rings is 1. The van der Waals surface area contributed by atoms with Crippen molar-refractivity contribution in [2.75, 3.05) is 23.7 Å². The van der Waals surface area contributed by atoms with Crippen LogP contribution >= 0.6 is 11.3 Å². The van der Waals surface area contributed by atoms with E-state index in [0.29, 0.717) is 18.9 Å². The highest BCUT2D eigenvalue weighted by Gasteiger charge is 2.08. The Morgan fingerprint density at radius 2 is 2.16 bits per heavy atom. The Morgan fingerprint density at radius 1 is 1.32 bits per heavy atom. The van der Waals surface area contributed by atoms with Crippen molar-refractivity contribution < 1.29 is 5.11 Å². The minimum absolute atomic E-state index is 0.301. The summed E-state index contributed by atoms with van der Waals surface area (Å²) >= 11 is 1.61. The van der Waals surface area contributed by atoms with Crippen LogP contribution in [0.2, 0.25) is 0 Å². The molecule has 1 atom stereocenters. The zero-order valence-corrected chi connectivity index (χ0v) is 12.1. The highest BCUT2D eigenvalue weighted by molar-refractivity contribution is 7.16. The minimum Gasteiger partial charge on any atom is -0.393 e. The fraction of sp³-hybridized carbons (Fsp3) is 0.538. The van der Waals surface area contributed by atoms with Gasteiger partial charge in [0, 0.05) is 13.1 Å². The molecule has 0 spiro atoms. The first-order chi connectivity index (χ1) is 9.20. The Labute approximate surface area is 117 Å². The number of aromatic nitrogens is 2. The van der Waals surface area contributed by atoms with Crippen molar-refractivity contribution in [2.24, 2.45) is 0 Å². The van der Waals surface area contributed by atoms with Gasteiger partial charge < -0.3 is 15.7 Å². The van der Waals surface area contributed by atoms with Crippen LogP contribution in [0.5, 0.6) is 0 Å². The van der Waals surface area contributed by atoms with Crippen molar-refractivity contribution >= 4 is 33.3 Å². The molecule has 0 bridgehead atoms. The van der Waals surface area contributed by atoms with Gasteiger partial charge in [0.2, 0.25) is 5.95 Å². The first-order valence-corrected chi connectivity index (χ1v) is 7.49. The molecule has 2 aromatic heterocycles. The van der Waals surface area contributed by atoms with Gasteiger partial charge in [0.25, 0.3) is 0 Å². The monoisotopic (exact) mass is 280 g/mol. The van der Waals surface area contributed by atoms with Gasteiger partial charge in [-0.05, 0) is 31.2 Å². The number of hydrogen-bond donors (Lipinski definition) is 3. The number of fused-ring (bicyclic) bond motifs is 1. The topological polar surface area (TPSA) is 70.1 Å². The highest BCUT2D eigenvalue weighted by Crippen LogP contribution is 2.26. The van der Waals surface area contributed by atoms with E-state index in [4.69, 9.17) is 0 Å². The average Bonchev–Trinajstić information content (AvgIpc) is 2.84. The predicted octanol–water partition coefficient (Wildman–Crippen LogP) is 2.70. The van der Waals surface area contributed by atoms with Crippen LogP contribution in [0.25, 0.3) is 10.2 Å². The van der Waals surface area contributed by atoms with Crippen LogP contribution in [0.3, 0.4) is 0 Å². The summed E-state index contributed by atoms with van der Waals surface area (Å²) in [4.78, 5) is 9.96. The van der Waals surface area contributed by atoms with Crippen LogP contribution in [0, 0.1) is 0 Å². The number of rotatable bonds is 7. The lowest BCUT2D eigenvalue weighted by Crippen LogP contribution is -2.12. The molecule has 2 heterocycles. The van der Waals surface area contributed by atoms with E-state index in [1.165, 1.54) is 0 Å². The largest absolute Gasteiger partial charge is 0.393 e. The van der Waals surface area contributed by atoms with Crippen LogP contribution < -0.4 is 10.6 Å². The summed E-state index contributed by atoms with van der Waals surface area (Å²) < 4.78 is 0. The van der Waals surface area contributed by atoms with E-state index in [1.807, 2.05) is 11.4 Å². The maximum absolute atomic E-state index is 9.29. The van der Waals surface area contributed by atoms with Crippen LogP contribution in [0.4, 0.5) is 11.8 Å². The number of nitrogens with zero attached hydrogens (tertiary/aromatic N) is 2. The highest BCUT2D eigenvalue weighted by atomic mass is 32.1. The molecule has 0 amide bonds. The molecule has 0 aliphatic rings. The first kappa shape index (κ1) is 14.0. The third-order valence-electron chi connectivity index (χ3n) is 2.71. The normalized spacial score (nSPS) is 12.6. The number of aliphatic hydroxyl groups excluding tert-OH is 1. The second kappa shape index (κ2) is 6.68. The zero-order chi connectivity index (χ0) is 13.7. The Bertz CT molecular complexity index is 526. The summed E-state index contributed by atoms with van der Waals surface area (Å²) in [5, 5.41) is 18.8.